The molecule has 0 heterocycles. The molecule has 0 aliphatic rings. The van der Waals surface area contributed by atoms with Crippen molar-refractivity contribution < 1.29 is 34.2 Å². The number of carbonyl (C=O) groups is 1. The van der Waals surface area contributed by atoms with E-state index in [0.717, 1.165) is 6.92 Å². The van der Waals surface area contributed by atoms with E-state index in [1.807, 2.05) is 0 Å². The van der Waals surface area contributed by atoms with Crippen molar-refractivity contribution in [1.82, 2.24) is 5.06 Å². The van der Waals surface area contributed by atoms with Crippen molar-refractivity contribution in [2.45, 2.75) is 13.0 Å². The topological polar surface area (TPSA) is 128 Å². The van der Waals surface area contributed by atoms with Crippen LogP contribution in [-0.2, 0) is 14.1 Å². The Hall–Kier alpha value is 1.50. The molecule has 0 aromatic heterocycles. The standard InChI is InChI=1S/C6H14NO7P.2Na.2H/c1-5(8)7(10)2-6(9)3-14-4-15(11,12)13;;;;/h6,9-10H,2-4H2,1H3,(H2,11,12,13);;;;. The van der Waals surface area contributed by atoms with Crippen LogP contribution in [0.1, 0.15) is 6.92 Å². The summed E-state index contributed by atoms with van der Waals surface area (Å²) in [6.07, 6.45) is -2.01. The Bertz CT molecular complexity index is 261. The average molecular weight is 291 g/mol. The van der Waals surface area contributed by atoms with Gasteiger partial charge in [0.15, 0.2) is 0 Å². The van der Waals surface area contributed by atoms with Crippen LogP contribution in [0.3, 0.4) is 0 Å². The summed E-state index contributed by atoms with van der Waals surface area (Å²) in [6.45, 7) is 0.342. The number of hydrogen-bond acceptors (Lipinski definition) is 5. The maximum atomic E-state index is 10.5. The summed E-state index contributed by atoms with van der Waals surface area (Å²) in [5.41, 5.74) is 0. The molecule has 0 bridgehead atoms. The molecule has 94 valence electrons. The van der Waals surface area contributed by atoms with Crippen molar-refractivity contribution in [3.63, 3.8) is 0 Å². The van der Waals surface area contributed by atoms with Gasteiger partial charge in [-0.15, -0.1) is 0 Å². The molecule has 0 saturated carbocycles. The summed E-state index contributed by atoms with van der Waals surface area (Å²) < 4.78 is 14.8. The number of hydroxylamine groups is 2. The van der Waals surface area contributed by atoms with Gasteiger partial charge in [-0.25, -0.2) is 5.06 Å². The van der Waals surface area contributed by atoms with E-state index >= 15 is 0 Å². The predicted octanol–water partition coefficient (Wildman–Crippen LogP) is -2.56. The quantitative estimate of drug-likeness (QED) is 0.183. The Morgan fingerprint density at radius 2 is 1.88 bits per heavy atom. The van der Waals surface area contributed by atoms with E-state index in [1.54, 1.807) is 0 Å². The van der Waals surface area contributed by atoms with Crippen LogP contribution in [-0.4, -0.2) is 116 Å². The summed E-state index contributed by atoms with van der Waals surface area (Å²) in [5, 5.41) is 18.3. The fraction of sp³-hybridized carbons (Fsp3) is 0.833. The number of rotatable bonds is 6. The van der Waals surface area contributed by atoms with Gasteiger partial charge in [-0.2, -0.15) is 0 Å². The number of ether oxygens (including phenoxy) is 1. The second-order valence-electron chi connectivity index (χ2n) is 2.92. The summed E-state index contributed by atoms with van der Waals surface area (Å²) in [7, 11) is -4.25. The van der Waals surface area contributed by atoms with E-state index in [-0.39, 0.29) is 77.3 Å². The summed E-state index contributed by atoms with van der Waals surface area (Å²) >= 11 is 0. The third kappa shape index (κ3) is 15.4. The Morgan fingerprint density at radius 3 is 2.24 bits per heavy atom. The van der Waals surface area contributed by atoms with Crippen LogP contribution in [0.2, 0.25) is 0 Å². The zero-order valence-corrected chi connectivity index (χ0v) is 9.00. The van der Waals surface area contributed by atoms with Gasteiger partial charge in [0, 0.05) is 6.92 Å². The first-order valence-corrected chi connectivity index (χ1v) is 5.79. The Labute approximate surface area is 143 Å². The van der Waals surface area contributed by atoms with Gasteiger partial charge in [-0.05, 0) is 0 Å². The molecule has 0 aliphatic carbocycles. The molecule has 0 aliphatic heterocycles. The molecule has 0 spiro atoms. The SMILES string of the molecule is CC(=O)N(O)CC(O)COCP(=O)(O)O.[NaH].[NaH]. The number of amides is 1. The Morgan fingerprint density at radius 1 is 1.41 bits per heavy atom. The Balaban J connectivity index is -0.000000980. The van der Waals surface area contributed by atoms with Crippen LogP contribution < -0.4 is 0 Å². The first-order chi connectivity index (χ1) is 6.72. The van der Waals surface area contributed by atoms with Crippen molar-refractivity contribution in [1.29, 1.82) is 0 Å². The van der Waals surface area contributed by atoms with Crippen LogP contribution in [0.25, 0.3) is 0 Å². The zero-order valence-electron chi connectivity index (χ0n) is 8.11. The van der Waals surface area contributed by atoms with Crippen molar-refractivity contribution in [2.75, 3.05) is 19.5 Å². The molecule has 17 heavy (non-hydrogen) atoms. The Kier molecular flexibility index (Phi) is 15.7. The second kappa shape index (κ2) is 11.3. The van der Waals surface area contributed by atoms with E-state index in [1.165, 1.54) is 0 Å². The van der Waals surface area contributed by atoms with Gasteiger partial charge in [0.25, 0.3) is 0 Å². The van der Waals surface area contributed by atoms with E-state index < -0.39 is 26.0 Å². The minimum atomic E-state index is -4.25. The van der Waals surface area contributed by atoms with Crippen LogP contribution in [0.5, 0.6) is 0 Å². The van der Waals surface area contributed by atoms with Gasteiger partial charge >= 0.3 is 66.7 Å². The summed E-state index contributed by atoms with van der Waals surface area (Å²) in [4.78, 5) is 27.3. The molecule has 4 N–H and O–H groups in total. The van der Waals surface area contributed by atoms with Crippen molar-refractivity contribution in [3.8, 4) is 0 Å². The molecule has 0 saturated heterocycles. The average Bonchev–Trinajstić information content (AvgIpc) is 2.01. The van der Waals surface area contributed by atoms with Gasteiger partial charge in [-0.1, -0.05) is 0 Å². The van der Waals surface area contributed by atoms with Crippen molar-refractivity contribution >= 4 is 72.6 Å². The fourth-order valence-corrected chi connectivity index (χ4v) is 1.03. The van der Waals surface area contributed by atoms with E-state index in [2.05, 4.69) is 4.74 Å². The van der Waals surface area contributed by atoms with Crippen LogP contribution >= 0.6 is 7.60 Å². The van der Waals surface area contributed by atoms with Crippen LogP contribution in [0.15, 0.2) is 0 Å². The molecule has 0 radical (unpaired) electrons. The normalized spacial score (nSPS) is 12.1. The molecule has 0 rings (SSSR count). The van der Waals surface area contributed by atoms with Gasteiger partial charge in [0.1, 0.15) is 6.35 Å². The second-order valence-corrected chi connectivity index (χ2v) is 4.51. The first-order valence-electron chi connectivity index (χ1n) is 3.99. The molecular weight excluding hydrogens is 275 g/mol. The van der Waals surface area contributed by atoms with Crippen LogP contribution in [0.4, 0.5) is 0 Å². The van der Waals surface area contributed by atoms with Gasteiger partial charge in [-0.3, -0.25) is 14.6 Å². The van der Waals surface area contributed by atoms with Crippen molar-refractivity contribution in [3.05, 3.63) is 0 Å². The third-order valence-electron chi connectivity index (χ3n) is 1.32. The number of aliphatic hydroxyl groups excluding tert-OH is 1. The van der Waals surface area contributed by atoms with Crippen LogP contribution in [0, 0.1) is 0 Å². The monoisotopic (exact) mass is 291 g/mol. The van der Waals surface area contributed by atoms with Gasteiger partial charge < -0.3 is 19.6 Å². The zero-order chi connectivity index (χ0) is 12.1. The molecule has 1 atom stereocenters. The number of carbonyl (C=O) groups excluding carboxylic acids is 1. The summed E-state index contributed by atoms with van der Waals surface area (Å²) in [5.74, 6) is -0.649. The van der Waals surface area contributed by atoms with Gasteiger partial charge in [0.2, 0.25) is 5.91 Å². The molecule has 1 unspecified atom stereocenters. The van der Waals surface area contributed by atoms with Crippen molar-refractivity contribution in [2.24, 2.45) is 0 Å². The molecule has 8 nitrogen and oxygen atoms in total. The summed E-state index contributed by atoms with van der Waals surface area (Å²) in [6, 6.07) is 0. The molecule has 0 aromatic carbocycles. The molecular formula is C6H16NNa2O7P. The van der Waals surface area contributed by atoms with Gasteiger partial charge in [0.05, 0.1) is 19.3 Å². The van der Waals surface area contributed by atoms with E-state index in [0.29, 0.717) is 0 Å². The molecule has 1 amide bonds. The predicted molar refractivity (Wildman–Crippen MR) is 62.3 cm³/mol. The number of hydrogen-bond donors (Lipinski definition) is 4. The minimum absolute atomic E-state index is 0. The maximum absolute atomic E-state index is 10.5. The number of aliphatic hydroxyl groups is 1. The molecule has 0 aromatic rings. The third-order valence-corrected chi connectivity index (χ3v) is 1.84. The van der Waals surface area contributed by atoms with E-state index in [4.69, 9.17) is 20.1 Å². The fourth-order valence-electron chi connectivity index (χ4n) is 0.689. The molecule has 0 fully saturated rings. The molecule has 11 heteroatoms. The van der Waals surface area contributed by atoms with E-state index in [9.17, 15) is 9.36 Å². The number of nitrogens with zero attached hydrogens (tertiary/aromatic N) is 1. The first kappa shape index (κ1) is 23.6.